The number of carboxylic acid groups (broad SMARTS) is 1. The average Bonchev–Trinajstić information content (AvgIpc) is 2.66. The van der Waals surface area contributed by atoms with Gasteiger partial charge in [0.1, 0.15) is 6.04 Å². The molecule has 0 aromatic heterocycles. The Balaban J connectivity index is 2.59. The van der Waals surface area contributed by atoms with Crippen molar-refractivity contribution in [2.24, 2.45) is 11.1 Å². The van der Waals surface area contributed by atoms with E-state index in [-0.39, 0.29) is 12.8 Å². The van der Waals surface area contributed by atoms with Gasteiger partial charge in [-0.15, -0.1) is 0 Å². The summed E-state index contributed by atoms with van der Waals surface area (Å²) in [7, 11) is 0. The molecule has 1 rings (SSSR count). The van der Waals surface area contributed by atoms with E-state index in [1.165, 1.54) is 0 Å². The molecule has 3 N–H and O–H groups in total. The van der Waals surface area contributed by atoms with Gasteiger partial charge in [0.15, 0.2) is 0 Å². The lowest BCUT2D eigenvalue weighted by atomic mass is 9.97. The molecule has 0 aromatic rings. The van der Waals surface area contributed by atoms with Crippen LogP contribution in [0.2, 0.25) is 0 Å². The molecule has 6 heteroatoms. The van der Waals surface area contributed by atoms with Crippen LogP contribution < -0.4 is 5.73 Å². The molecule has 13 heavy (non-hydrogen) atoms. The Kier molecular flexibility index (Phi) is 2.27. The molecule has 0 radical (unpaired) electrons. The number of aliphatic carboxylic acids is 1. The summed E-state index contributed by atoms with van der Waals surface area (Å²) in [5.41, 5.74) is 3.23. The van der Waals surface area contributed by atoms with Crippen LogP contribution in [-0.4, -0.2) is 23.3 Å². The Morgan fingerprint density at radius 2 is 2.00 bits per heavy atom. The Hall–Kier alpha value is -0.780. The van der Waals surface area contributed by atoms with Gasteiger partial charge in [-0.05, 0) is 19.3 Å². The van der Waals surface area contributed by atoms with E-state index in [0.29, 0.717) is 0 Å². The summed E-state index contributed by atoms with van der Waals surface area (Å²) in [5, 5.41) is 8.35. The molecule has 0 spiro atoms. The molecule has 76 valence electrons. The van der Waals surface area contributed by atoms with Crippen LogP contribution in [0.4, 0.5) is 13.2 Å². The quantitative estimate of drug-likeness (QED) is 0.712. The van der Waals surface area contributed by atoms with Crippen molar-refractivity contribution in [2.45, 2.75) is 31.5 Å². The third kappa shape index (κ3) is 1.93. The maximum Gasteiger partial charge on any atom is 0.394 e. The van der Waals surface area contributed by atoms with Gasteiger partial charge >= 0.3 is 12.1 Å². The van der Waals surface area contributed by atoms with Gasteiger partial charge in [0, 0.05) is 0 Å². The molecule has 1 aliphatic rings. The van der Waals surface area contributed by atoms with Crippen LogP contribution in [0.1, 0.15) is 19.3 Å². The van der Waals surface area contributed by atoms with Crippen LogP contribution in [0.3, 0.4) is 0 Å². The lowest BCUT2D eigenvalue weighted by Gasteiger charge is -2.20. The van der Waals surface area contributed by atoms with Crippen molar-refractivity contribution in [3.63, 3.8) is 0 Å². The van der Waals surface area contributed by atoms with Crippen molar-refractivity contribution in [3.8, 4) is 0 Å². The van der Waals surface area contributed by atoms with Crippen molar-refractivity contribution >= 4 is 5.97 Å². The van der Waals surface area contributed by atoms with E-state index < -0.39 is 30.0 Å². The fraction of sp³-hybridized carbons (Fsp3) is 0.857. The normalized spacial score (nSPS) is 22.5. The topological polar surface area (TPSA) is 63.3 Å². The Morgan fingerprint density at radius 1 is 1.54 bits per heavy atom. The Morgan fingerprint density at radius 3 is 2.23 bits per heavy atom. The van der Waals surface area contributed by atoms with E-state index in [2.05, 4.69) is 0 Å². The Bertz CT molecular complexity index is 222. The van der Waals surface area contributed by atoms with E-state index >= 15 is 0 Å². The molecule has 0 unspecified atom stereocenters. The monoisotopic (exact) mass is 197 g/mol. The van der Waals surface area contributed by atoms with Crippen molar-refractivity contribution in [2.75, 3.05) is 0 Å². The van der Waals surface area contributed by atoms with Gasteiger partial charge in [0.25, 0.3) is 0 Å². The molecule has 0 saturated heterocycles. The first-order valence-corrected chi connectivity index (χ1v) is 3.84. The van der Waals surface area contributed by atoms with Gasteiger partial charge in [-0.25, -0.2) is 0 Å². The molecule has 0 aromatic carbocycles. The predicted octanol–water partition coefficient (Wildman–Crippen LogP) is 1.13. The number of alkyl halides is 3. The molecule has 0 aliphatic heterocycles. The van der Waals surface area contributed by atoms with Crippen LogP contribution in [0.25, 0.3) is 0 Å². The van der Waals surface area contributed by atoms with Crippen LogP contribution in [0, 0.1) is 5.41 Å². The van der Waals surface area contributed by atoms with Gasteiger partial charge in [-0.1, -0.05) is 0 Å². The largest absolute Gasteiger partial charge is 0.480 e. The lowest BCUT2D eigenvalue weighted by molar-refractivity contribution is -0.190. The van der Waals surface area contributed by atoms with Crippen LogP contribution in [-0.2, 0) is 4.79 Å². The first kappa shape index (κ1) is 10.3. The zero-order chi connectivity index (χ0) is 10.3. The minimum Gasteiger partial charge on any atom is -0.480 e. The van der Waals surface area contributed by atoms with E-state index in [0.717, 1.165) is 0 Å². The highest BCUT2D eigenvalue weighted by atomic mass is 19.4. The predicted molar refractivity (Wildman–Crippen MR) is 38.0 cm³/mol. The first-order valence-electron chi connectivity index (χ1n) is 3.84. The van der Waals surface area contributed by atoms with Crippen LogP contribution in [0.5, 0.6) is 0 Å². The standard InChI is InChI=1S/C7H10F3NO2/c8-7(9,10)6(1-2-6)3-4(11)5(12)13/h4H,1-3,11H2,(H,12,13)/t4-/m1/s1. The fourth-order valence-corrected chi connectivity index (χ4v) is 1.26. The Labute approximate surface area is 72.7 Å². The molecule has 1 fully saturated rings. The minimum absolute atomic E-state index is 0.00250. The van der Waals surface area contributed by atoms with E-state index in [1.807, 2.05) is 0 Å². The molecule has 0 bridgehead atoms. The smallest absolute Gasteiger partial charge is 0.394 e. The second-order valence-electron chi connectivity index (χ2n) is 3.43. The summed E-state index contributed by atoms with van der Waals surface area (Å²) in [6.07, 6.45) is -4.83. The molecule has 0 heterocycles. The number of hydrogen-bond acceptors (Lipinski definition) is 2. The molecular weight excluding hydrogens is 187 g/mol. The number of carboxylic acids is 1. The summed E-state index contributed by atoms with van der Waals surface area (Å²) in [6, 6.07) is -1.41. The van der Waals surface area contributed by atoms with Crippen molar-refractivity contribution < 1.29 is 23.1 Å². The lowest BCUT2D eigenvalue weighted by Crippen LogP contribution is -2.37. The van der Waals surface area contributed by atoms with Crippen molar-refractivity contribution in [1.29, 1.82) is 0 Å². The van der Waals surface area contributed by atoms with Gasteiger partial charge < -0.3 is 10.8 Å². The van der Waals surface area contributed by atoms with Crippen molar-refractivity contribution in [3.05, 3.63) is 0 Å². The van der Waals surface area contributed by atoms with Gasteiger partial charge in [-0.2, -0.15) is 13.2 Å². The zero-order valence-electron chi connectivity index (χ0n) is 6.77. The summed E-state index contributed by atoms with van der Waals surface area (Å²) < 4.78 is 36.8. The van der Waals surface area contributed by atoms with Gasteiger partial charge in [-0.3, -0.25) is 4.79 Å². The number of halogens is 3. The molecule has 1 atom stereocenters. The zero-order valence-corrected chi connectivity index (χ0v) is 6.77. The molecule has 3 nitrogen and oxygen atoms in total. The van der Waals surface area contributed by atoms with Crippen LogP contribution in [0.15, 0.2) is 0 Å². The fourth-order valence-electron chi connectivity index (χ4n) is 1.26. The number of hydrogen-bond donors (Lipinski definition) is 2. The third-order valence-electron chi connectivity index (χ3n) is 2.38. The highest BCUT2D eigenvalue weighted by Crippen LogP contribution is 2.60. The molecule has 1 saturated carbocycles. The van der Waals surface area contributed by atoms with Gasteiger partial charge in [0.05, 0.1) is 5.41 Å². The second-order valence-corrected chi connectivity index (χ2v) is 3.43. The average molecular weight is 197 g/mol. The summed E-state index contributed by atoms with van der Waals surface area (Å²) in [5.74, 6) is -1.38. The molecule has 0 amide bonds. The summed E-state index contributed by atoms with van der Waals surface area (Å²) >= 11 is 0. The molecular formula is C7H10F3NO2. The highest BCUT2D eigenvalue weighted by molar-refractivity contribution is 5.73. The maximum absolute atomic E-state index is 12.3. The van der Waals surface area contributed by atoms with E-state index in [9.17, 15) is 18.0 Å². The van der Waals surface area contributed by atoms with Gasteiger partial charge in [0.2, 0.25) is 0 Å². The second kappa shape index (κ2) is 2.87. The minimum atomic E-state index is -4.32. The van der Waals surface area contributed by atoms with E-state index in [4.69, 9.17) is 10.8 Å². The SMILES string of the molecule is N[C@H](CC1(C(F)(F)F)CC1)C(=O)O. The summed E-state index contributed by atoms with van der Waals surface area (Å²) in [4.78, 5) is 10.2. The number of rotatable bonds is 3. The first-order chi connectivity index (χ1) is 5.78. The molecule has 1 aliphatic carbocycles. The number of nitrogens with two attached hydrogens (primary N) is 1. The van der Waals surface area contributed by atoms with Crippen LogP contribution >= 0.6 is 0 Å². The van der Waals surface area contributed by atoms with Crippen molar-refractivity contribution in [1.82, 2.24) is 0 Å². The van der Waals surface area contributed by atoms with E-state index in [1.54, 1.807) is 0 Å². The highest BCUT2D eigenvalue weighted by Gasteiger charge is 2.63. The maximum atomic E-state index is 12.3. The third-order valence-corrected chi connectivity index (χ3v) is 2.38. The number of carbonyl (C=O) groups is 1. The summed E-state index contributed by atoms with van der Waals surface area (Å²) in [6.45, 7) is 0.